The van der Waals surface area contributed by atoms with Gasteiger partial charge in [0.2, 0.25) is 0 Å². The fourth-order valence-electron chi connectivity index (χ4n) is 2.85. The van der Waals surface area contributed by atoms with E-state index in [4.69, 9.17) is 4.74 Å². The summed E-state index contributed by atoms with van der Waals surface area (Å²) in [6.07, 6.45) is 2.10. The number of carbonyl (C=O) groups is 2. The predicted octanol–water partition coefficient (Wildman–Crippen LogP) is 3.69. The number of rotatable bonds is 4. The lowest BCUT2D eigenvalue weighted by atomic mass is 9.94. The molecule has 1 amide bonds. The molecule has 25 heavy (non-hydrogen) atoms. The minimum atomic E-state index is -0.470. The van der Waals surface area contributed by atoms with Gasteiger partial charge in [0.25, 0.3) is 5.91 Å². The third-order valence-corrected chi connectivity index (χ3v) is 5.17. The molecule has 7 heteroatoms. The Morgan fingerprint density at radius 2 is 2.04 bits per heavy atom. The third kappa shape index (κ3) is 3.41. The number of nitrogens with one attached hydrogen (secondary N) is 1. The summed E-state index contributed by atoms with van der Waals surface area (Å²) in [5.41, 5.74) is 2.19. The molecule has 0 saturated heterocycles. The lowest BCUT2D eigenvalue weighted by molar-refractivity contribution is 0.0527. The zero-order valence-electron chi connectivity index (χ0n) is 13.7. The fraction of sp³-hybridized carbons (Fsp3) is 0.278. The number of ether oxygens (including phenoxy) is 1. The molecule has 0 atom stereocenters. The molecule has 0 unspecified atom stereocenters. The van der Waals surface area contributed by atoms with Gasteiger partial charge in [-0.1, -0.05) is 23.4 Å². The number of fused-ring (bicyclic) bond motifs is 1. The lowest BCUT2D eigenvalue weighted by Gasteiger charge is -2.13. The standard InChI is InChI=1S/C18H18N2O4S/c1-2-24-18(22)14-12-9-6-10-13(20-23)15(12)25-17(14)19-16(21)11-7-4-3-5-8-11/h3-5,7-8,23H,2,6,9-10H2,1H3,(H,19,21)/b20-13+. The second kappa shape index (κ2) is 7.48. The van der Waals surface area contributed by atoms with Crippen molar-refractivity contribution in [2.45, 2.75) is 26.2 Å². The summed E-state index contributed by atoms with van der Waals surface area (Å²) in [7, 11) is 0. The number of hydrogen-bond acceptors (Lipinski definition) is 6. The van der Waals surface area contributed by atoms with Crippen LogP contribution in [0.3, 0.4) is 0 Å². The van der Waals surface area contributed by atoms with Crippen molar-refractivity contribution in [3.8, 4) is 0 Å². The number of hydrogen-bond donors (Lipinski definition) is 2. The summed E-state index contributed by atoms with van der Waals surface area (Å²) in [5.74, 6) is -0.769. The minimum absolute atomic E-state index is 0.246. The normalized spacial score (nSPS) is 14.8. The Kier molecular flexibility index (Phi) is 5.14. The number of amides is 1. The van der Waals surface area contributed by atoms with Crippen LogP contribution in [0.5, 0.6) is 0 Å². The van der Waals surface area contributed by atoms with Crippen molar-refractivity contribution >= 4 is 33.9 Å². The van der Waals surface area contributed by atoms with Crippen LogP contribution in [-0.4, -0.2) is 29.4 Å². The van der Waals surface area contributed by atoms with E-state index in [1.165, 1.54) is 11.3 Å². The van der Waals surface area contributed by atoms with Gasteiger partial charge in [-0.25, -0.2) is 4.79 Å². The number of carbonyl (C=O) groups excluding carboxylic acids is 2. The molecule has 6 nitrogen and oxygen atoms in total. The summed E-state index contributed by atoms with van der Waals surface area (Å²) >= 11 is 1.25. The molecule has 130 valence electrons. The maximum Gasteiger partial charge on any atom is 0.341 e. The molecule has 0 radical (unpaired) electrons. The molecule has 2 aromatic rings. The van der Waals surface area contributed by atoms with E-state index in [9.17, 15) is 14.8 Å². The lowest BCUT2D eigenvalue weighted by Crippen LogP contribution is -2.16. The number of benzene rings is 1. The topological polar surface area (TPSA) is 88.0 Å². The Balaban J connectivity index is 2.01. The first-order valence-corrected chi connectivity index (χ1v) is 8.87. The molecule has 0 aliphatic heterocycles. The van der Waals surface area contributed by atoms with Crippen molar-refractivity contribution in [3.63, 3.8) is 0 Å². The first-order chi connectivity index (χ1) is 12.2. The van der Waals surface area contributed by atoms with Gasteiger partial charge in [-0.3, -0.25) is 4.79 Å². The van der Waals surface area contributed by atoms with E-state index in [-0.39, 0.29) is 12.5 Å². The SMILES string of the molecule is CCOC(=O)c1c(NC(=O)c2ccccc2)sc2c1CCC/C2=N\O. The second-order valence-electron chi connectivity index (χ2n) is 5.55. The van der Waals surface area contributed by atoms with Gasteiger partial charge in [0.1, 0.15) is 5.00 Å². The summed E-state index contributed by atoms with van der Waals surface area (Å²) in [6.45, 7) is 1.98. The summed E-state index contributed by atoms with van der Waals surface area (Å²) < 4.78 is 5.16. The zero-order valence-corrected chi connectivity index (χ0v) is 14.6. The average Bonchev–Trinajstić information content (AvgIpc) is 3.00. The van der Waals surface area contributed by atoms with Crippen molar-refractivity contribution in [1.82, 2.24) is 0 Å². The molecule has 1 heterocycles. The van der Waals surface area contributed by atoms with Crippen LogP contribution in [0.4, 0.5) is 5.00 Å². The van der Waals surface area contributed by atoms with Gasteiger partial charge < -0.3 is 15.3 Å². The molecule has 0 fully saturated rings. The smallest absolute Gasteiger partial charge is 0.341 e. The summed E-state index contributed by atoms with van der Waals surface area (Å²) in [4.78, 5) is 25.7. The molecule has 0 saturated carbocycles. The highest BCUT2D eigenvalue weighted by atomic mass is 32.1. The van der Waals surface area contributed by atoms with Gasteiger partial charge in [0.15, 0.2) is 0 Å². The van der Waals surface area contributed by atoms with Crippen molar-refractivity contribution in [3.05, 3.63) is 51.9 Å². The number of thiophene rings is 1. The van der Waals surface area contributed by atoms with Crippen LogP contribution in [0.15, 0.2) is 35.5 Å². The Bertz CT molecular complexity index is 827. The molecule has 0 spiro atoms. The fourth-order valence-corrected chi connectivity index (χ4v) is 4.09. The predicted molar refractivity (Wildman–Crippen MR) is 95.9 cm³/mol. The molecule has 1 aromatic carbocycles. The van der Waals surface area contributed by atoms with Gasteiger partial charge in [-0.2, -0.15) is 0 Å². The Morgan fingerprint density at radius 3 is 2.72 bits per heavy atom. The maximum atomic E-state index is 12.5. The van der Waals surface area contributed by atoms with E-state index >= 15 is 0 Å². The van der Waals surface area contributed by atoms with Crippen LogP contribution in [-0.2, 0) is 11.2 Å². The Hall–Kier alpha value is -2.67. The average molecular weight is 358 g/mol. The quantitative estimate of drug-likeness (QED) is 0.496. The highest BCUT2D eigenvalue weighted by Crippen LogP contribution is 2.39. The number of anilines is 1. The van der Waals surface area contributed by atoms with Gasteiger partial charge in [-0.05, 0) is 43.9 Å². The van der Waals surface area contributed by atoms with E-state index in [1.54, 1.807) is 31.2 Å². The second-order valence-corrected chi connectivity index (χ2v) is 6.58. The minimum Gasteiger partial charge on any atom is -0.462 e. The highest BCUT2D eigenvalue weighted by Gasteiger charge is 2.30. The van der Waals surface area contributed by atoms with E-state index in [2.05, 4.69) is 10.5 Å². The number of esters is 1. The van der Waals surface area contributed by atoms with Crippen molar-refractivity contribution in [1.29, 1.82) is 0 Å². The molecule has 1 aliphatic carbocycles. The van der Waals surface area contributed by atoms with Crippen molar-refractivity contribution in [2.24, 2.45) is 5.16 Å². The van der Waals surface area contributed by atoms with Gasteiger partial charge in [-0.15, -0.1) is 11.3 Å². The zero-order chi connectivity index (χ0) is 17.8. The molecule has 0 bridgehead atoms. The largest absolute Gasteiger partial charge is 0.462 e. The van der Waals surface area contributed by atoms with Crippen LogP contribution in [0.2, 0.25) is 0 Å². The van der Waals surface area contributed by atoms with Crippen molar-refractivity contribution in [2.75, 3.05) is 11.9 Å². The van der Waals surface area contributed by atoms with Gasteiger partial charge in [0.05, 0.1) is 22.8 Å². The van der Waals surface area contributed by atoms with Crippen LogP contribution in [0.1, 0.15) is 50.9 Å². The molecule has 3 rings (SSSR count). The Morgan fingerprint density at radius 1 is 1.28 bits per heavy atom. The number of oxime groups is 1. The Labute approximate surface area is 149 Å². The summed E-state index contributed by atoms with van der Waals surface area (Å²) in [5, 5.41) is 15.8. The van der Waals surface area contributed by atoms with Gasteiger partial charge in [0, 0.05) is 5.56 Å². The van der Waals surface area contributed by atoms with Crippen LogP contribution >= 0.6 is 11.3 Å². The molecule has 1 aliphatic rings. The van der Waals surface area contributed by atoms with Crippen molar-refractivity contribution < 1.29 is 19.5 Å². The van der Waals surface area contributed by atoms with Gasteiger partial charge >= 0.3 is 5.97 Å². The van der Waals surface area contributed by atoms with Crippen LogP contribution < -0.4 is 5.32 Å². The molecule has 2 N–H and O–H groups in total. The first kappa shape index (κ1) is 17.2. The highest BCUT2D eigenvalue weighted by molar-refractivity contribution is 7.19. The molecular formula is C18H18N2O4S. The van der Waals surface area contributed by atoms with Crippen LogP contribution in [0, 0.1) is 0 Å². The van der Waals surface area contributed by atoms with E-state index in [0.29, 0.717) is 34.7 Å². The summed E-state index contributed by atoms with van der Waals surface area (Å²) in [6, 6.07) is 8.78. The van der Waals surface area contributed by atoms with E-state index in [1.807, 2.05) is 6.07 Å². The first-order valence-electron chi connectivity index (χ1n) is 8.06. The molecule has 1 aromatic heterocycles. The molecular weight excluding hydrogens is 340 g/mol. The number of nitrogens with zero attached hydrogens (tertiary/aromatic N) is 1. The van der Waals surface area contributed by atoms with Crippen LogP contribution in [0.25, 0.3) is 0 Å². The monoisotopic (exact) mass is 358 g/mol. The third-order valence-electron chi connectivity index (χ3n) is 3.97. The van der Waals surface area contributed by atoms with E-state index in [0.717, 1.165) is 16.9 Å². The van der Waals surface area contributed by atoms with E-state index < -0.39 is 5.97 Å². The maximum absolute atomic E-state index is 12.5.